The second-order valence-electron chi connectivity index (χ2n) is 9.87. The summed E-state index contributed by atoms with van der Waals surface area (Å²) < 4.78 is 14.5. The molecule has 1 saturated carbocycles. The number of fused-ring (bicyclic) bond motifs is 1. The van der Waals surface area contributed by atoms with Gasteiger partial charge >= 0.3 is 0 Å². The van der Waals surface area contributed by atoms with Gasteiger partial charge in [0.1, 0.15) is 5.82 Å². The summed E-state index contributed by atoms with van der Waals surface area (Å²) >= 11 is 6.27. The van der Waals surface area contributed by atoms with E-state index in [2.05, 4.69) is 25.2 Å². The molecule has 6 rings (SSSR count). The van der Waals surface area contributed by atoms with E-state index in [1.807, 2.05) is 18.2 Å². The summed E-state index contributed by atoms with van der Waals surface area (Å²) in [6.07, 6.45) is 7.73. The number of pyridine rings is 1. The molecule has 2 aromatic carbocycles. The van der Waals surface area contributed by atoms with Crippen molar-refractivity contribution < 1.29 is 9.18 Å². The normalized spacial score (nSPS) is 17.4. The molecular weight excluding hydrogens is 491 g/mol. The molecule has 3 heterocycles. The first-order valence-electron chi connectivity index (χ1n) is 12.4. The third-order valence-electron chi connectivity index (χ3n) is 7.11. The maximum Gasteiger partial charge on any atom is 0.225 e. The number of halogens is 2. The van der Waals surface area contributed by atoms with E-state index in [0.717, 1.165) is 43.3 Å². The minimum absolute atomic E-state index is 0.0194. The zero-order valence-corrected chi connectivity index (χ0v) is 21.1. The molecule has 1 aliphatic carbocycles. The molecule has 1 unspecified atom stereocenters. The van der Waals surface area contributed by atoms with Crippen LogP contribution in [-0.4, -0.2) is 39.9 Å². The average molecular weight is 517 g/mol. The van der Waals surface area contributed by atoms with Crippen molar-refractivity contribution in [3.8, 4) is 11.1 Å². The number of carbonyl (C=O) groups excluding carboxylic acids is 1. The van der Waals surface area contributed by atoms with Crippen molar-refractivity contribution in [2.75, 3.05) is 23.3 Å². The molecular formula is C28H26ClFN6O. The fourth-order valence-electron chi connectivity index (χ4n) is 4.73. The Hall–Kier alpha value is -3.62. The highest BCUT2D eigenvalue weighted by atomic mass is 35.5. The van der Waals surface area contributed by atoms with Crippen LogP contribution in [-0.2, 0) is 0 Å². The minimum atomic E-state index is -0.368. The lowest BCUT2D eigenvalue weighted by Crippen LogP contribution is -2.27. The van der Waals surface area contributed by atoms with Gasteiger partial charge < -0.3 is 16.0 Å². The van der Waals surface area contributed by atoms with E-state index in [9.17, 15) is 9.18 Å². The Kier molecular flexibility index (Phi) is 6.01. The van der Waals surface area contributed by atoms with E-state index in [1.54, 1.807) is 31.6 Å². The molecule has 2 aliphatic rings. The summed E-state index contributed by atoms with van der Waals surface area (Å²) in [4.78, 5) is 28.9. The zero-order valence-electron chi connectivity index (χ0n) is 20.3. The van der Waals surface area contributed by atoms with Gasteiger partial charge in [0.2, 0.25) is 5.95 Å². The van der Waals surface area contributed by atoms with Gasteiger partial charge in [0.05, 0.1) is 34.8 Å². The number of benzene rings is 2. The largest absolute Gasteiger partial charge is 0.352 e. The van der Waals surface area contributed by atoms with Gasteiger partial charge in [-0.3, -0.25) is 9.78 Å². The van der Waals surface area contributed by atoms with Crippen molar-refractivity contribution in [1.82, 2.24) is 15.0 Å². The molecule has 0 amide bonds. The quantitative estimate of drug-likeness (QED) is 0.319. The monoisotopic (exact) mass is 516 g/mol. The lowest BCUT2D eigenvalue weighted by molar-refractivity contribution is 0.0968. The molecule has 37 heavy (non-hydrogen) atoms. The summed E-state index contributed by atoms with van der Waals surface area (Å²) in [6, 6.07) is 9.00. The molecule has 1 aliphatic heterocycles. The molecule has 1 saturated heterocycles. The fourth-order valence-corrected chi connectivity index (χ4v) is 4.94. The lowest BCUT2D eigenvalue weighted by atomic mass is 9.98. The smallest absolute Gasteiger partial charge is 0.225 e. The van der Waals surface area contributed by atoms with Crippen molar-refractivity contribution >= 4 is 45.6 Å². The first-order chi connectivity index (χ1) is 17.9. The number of aromatic nitrogens is 3. The topological polar surface area (TPSA) is 97.0 Å². The van der Waals surface area contributed by atoms with Crippen LogP contribution in [0.5, 0.6) is 0 Å². The van der Waals surface area contributed by atoms with Gasteiger partial charge in [-0.1, -0.05) is 17.7 Å². The SMILES string of the molecule is Cc1c(F)cc(-c2ccc3ncc(C(=O)C4CC4)c(Nc4cnc(N5CCC(N)C5)nc4)c3c2)cc1Cl. The molecule has 2 aromatic heterocycles. The van der Waals surface area contributed by atoms with Crippen LogP contribution in [0.3, 0.4) is 0 Å². The maximum absolute atomic E-state index is 14.5. The van der Waals surface area contributed by atoms with Gasteiger partial charge in [-0.25, -0.2) is 14.4 Å². The van der Waals surface area contributed by atoms with E-state index in [4.69, 9.17) is 17.3 Å². The summed E-state index contributed by atoms with van der Waals surface area (Å²) in [5, 5.41) is 4.49. The van der Waals surface area contributed by atoms with Crippen LogP contribution in [0.15, 0.2) is 48.9 Å². The Morgan fingerprint density at radius 2 is 1.86 bits per heavy atom. The van der Waals surface area contributed by atoms with Crippen LogP contribution in [0.4, 0.5) is 21.7 Å². The molecule has 7 nitrogen and oxygen atoms in total. The van der Waals surface area contributed by atoms with Crippen molar-refractivity contribution in [2.24, 2.45) is 11.7 Å². The average Bonchev–Trinajstić information content (AvgIpc) is 3.67. The second-order valence-corrected chi connectivity index (χ2v) is 10.3. The molecule has 1 atom stereocenters. The Morgan fingerprint density at radius 1 is 1.08 bits per heavy atom. The Morgan fingerprint density at radius 3 is 2.54 bits per heavy atom. The number of rotatable bonds is 6. The third kappa shape index (κ3) is 4.63. The number of carbonyl (C=O) groups is 1. The molecule has 0 spiro atoms. The van der Waals surface area contributed by atoms with Crippen LogP contribution in [0.2, 0.25) is 5.02 Å². The number of nitrogens with one attached hydrogen (secondary N) is 1. The highest BCUT2D eigenvalue weighted by Gasteiger charge is 2.32. The molecule has 0 radical (unpaired) electrons. The molecule has 4 aromatic rings. The Bertz CT molecular complexity index is 1500. The number of nitrogens with two attached hydrogens (primary N) is 1. The molecule has 3 N–H and O–H groups in total. The summed E-state index contributed by atoms with van der Waals surface area (Å²) in [7, 11) is 0. The van der Waals surface area contributed by atoms with E-state index in [-0.39, 0.29) is 23.6 Å². The minimum Gasteiger partial charge on any atom is -0.352 e. The summed E-state index contributed by atoms with van der Waals surface area (Å²) in [5.74, 6) is 0.349. The van der Waals surface area contributed by atoms with Crippen LogP contribution < -0.4 is 16.0 Å². The first-order valence-corrected chi connectivity index (χ1v) is 12.8. The van der Waals surface area contributed by atoms with E-state index < -0.39 is 0 Å². The van der Waals surface area contributed by atoms with Gasteiger partial charge in [-0.2, -0.15) is 0 Å². The highest BCUT2D eigenvalue weighted by molar-refractivity contribution is 6.31. The van der Waals surface area contributed by atoms with Crippen LogP contribution in [0, 0.1) is 18.7 Å². The number of hydrogen-bond acceptors (Lipinski definition) is 7. The van der Waals surface area contributed by atoms with E-state index in [0.29, 0.717) is 44.6 Å². The predicted molar refractivity (Wildman–Crippen MR) is 144 cm³/mol. The number of Topliss-reactive ketones (excluding diaryl/α,β-unsaturated/α-hetero) is 1. The van der Waals surface area contributed by atoms with E-state index >= 15 is 0 Å². The van der Waals surface area contributed by atoms with Gasteiger partial charge in [0, 0.05) is 47.2 Å². The zero-order chi connectivity index (χ0) is 25.7. The fraction of sp³-hybridized carbons (Fsp3) is 0.286. The van der Waals surface area contributed by atoms with Crippen molar-refractivity contribution in [1.29, 1.82) is 0 Å². The van der Waals surface area contributed by atoms with Crippen LogP contribution in [0.25, 0.3) is 22.0 Å². The maximum atomic E-state index is 14.5. The third-order valence-corrected chi connectivity index (χ3v) is 7.50. The van der Waals surface area contributed by atoms with Gasteiger partial charge in [-0.15, -0.1) is 0 Å². The Balaban J connectivity index is 1.42. The second kappa shape index (κ2) is 9.36. The first kappa shape index (κ1) is 23.8. The highest BCUT2D eigenvalue weighted by Crippen LogP contribution is 2.39. The van der Waals surface area contributed by atoms with Crippen LogP contribution in [0.1, 0.15) is 35.2 Å². The molecule has 188 valence electrons. The number of anilines is 3. The van der Waals surface area contributed by atoms with Crippen molar-refractivity contribution in [2.45, 2.75) is 32.2 Å². The van der Waals surface area contributed by atoms with Gasteiger partial charge in [-0.05, 0) is 61.6 Å². The summed E-state index contributed by atoms with van der Waals surface area (Å²) in [6.45, 7) is 3.21. The van der Waals surface area contributed by atoms with Gasteiger partial charge in [0.25, 0.3) is 0 Å². The van der Waals surface area contributed by atoms with Crippen molar-refractivity contribution in [3.05, 3.63) is 70.9 Å². The number of nitrogens with zero attached hydrogens (tertiary/aromatic N) is 4. The predicted octanol–water partition coefficient (Wildman–Crippen LogP) is 5.67. The standard InChI is InChI=1S/C28H26ClFN6O/c1-15-23(29)9-18(10-24(15)30)17-4-5-25-21(8-17)26(22(13-32-25)27(37)16-2-3-16)35-20-11-33-28(34-12-20)36-7-6-19(31)14-36/h4-5,8-13,16,19H,2-3,6-7,14,31H2,1H3,(H,32,35). The van der Waals surface area contributed by atoms with E-state index in [1.165, 1.54) is 6.07 Å². The molecule has 9 heteroatoms. The molecule has 0 bridgehead atoms. The lowest BCUT2D eigenvalue weighted by Gasteiger charge is -2.17. The summed E-state index contributed by atoms with van der Waals surface area (Å²) in [5.41, 5.74) is 10.4. The number of hydrogen-bond donors (Lipinski definition) is 2. The molecule has 2 fully saturated rings. The van der Waals surface area contributed by atoms with Gasteiger partial charge in [0.15, 0.2) is 5.78 Å². The van der Waals surface area contributed by atoms with Crippen LogP contribution >= 0.6 is 11.6 Å². The van der Waals surface area contributed by atoms with Crippen molar-refractivity contribution in [3.63, 3.8) is 0 Å². The number of ketones is 1. The Labute approximate surface area is 218 Å².